The molecule has 1 fully saturated rings. The summed E-state index contributed by atoms with van der Waals surface area (Å²) in [7, 11) is -1.78. The summed E-state index contributed by atoms with van der Waals surface area (Å²) in [6.07, 6.45) is 5.10. The minimum absolute atomic E-state index is 0.124. The molecule has 5 heteroatoms. The Kier molecular flexibility index (Phi) is 11.5. The van der Waals surface area contributed by atoms with E-state index in [0.29, 0.717) is 31.2 Å². The van der Waals surface area contributed by atoms with Crippen molar-refractivity contribution in [1.29, 1.82) is 0 Å². The van der Waals surface area contributed by atoms with Crippen molar-refractivity contribution >= 4 is 30.9 Å². The van der Waals surface area contributed by atoms with Gasteiger partial charge in [-0.2, -0.15) is 0 Å². The highest BCUT2D eigenvalue weighted by Crippen LogP contribution is 2.40. The van der Waals surface area contributed by atoms with Crippen LogP contribution in [0.15, 0.2) is 60.7 Å². The molecule has 3 rings (SSSR count). The SMILES string of the molecule is C[C@H](C[C@@H]1CC[C@@H](OCc2ccccc2)[C@H](OCc2ccccc2)C1)[C@H](CI)O[Si](C)(C)C(C)(C)C. The van der Waals surface area contributed by atoms with Gasteiger partial charge < -0.3 is 13.9 Å². The highest BCUT2D eigenvalue weighted by molar-refractivity contribution is 14.1. The van der Waals surface area contributed by atoms with Crippen LogP contribution in [0.2, 0.25) is 18.1 Å². The Morgan fingerprint density at radius 1 is 0.861 bits per heavy atom. The lowest BCUT2D eigenvalue weighted by molar-refractivity contribution is -0.115. The summed E-state index contributed by atoms with van der Waals surface area (Å²) in [5.74, 6) is 1.18. The normalized spacial score (nSPS) is 22.8. The molecule has 2 aromatic rings. The molecular formula is C31H47IO3Si. The van der Waals surface area contributed by atoms with Gasteiger partial charge in [-0.25, -0.2) is 0 Å². The Morgan fingerprint density at radius 3 is 1.89 bits per heavy atom. The van der Waals surface area contributed by atoms with Gasteiger partial charge in [0.05, 0.1) is 31.5 Å². The first kappa shape index (κ1) is 29.8. The summed E-state index contributed by atoms with van der Waals surface area (Å²) in [6, 6.07) is 21.0. The number of benzene rings is 2. The minimum Gasteiger partial charge on any atom is -0.413 e. The Balaban J connectivity index is 1.62. The van der Waals surface area contributed by atoms with Crippen LogP contribution < -0.4 is 0 Å². The molecule has 0 saturated heterocycles. The van der Waals surface area contributed by atoms with E-state index in [1.54, 1.807) is 0 Å². The van der Waals surface area contributed by atoms with Crippen LogP contribution in [0.5, 0.6) is 0 Å². The summed E-state index contributed by atoms with van der Waals surface area (Å²) >= 11 is 2.52. The molecule has 1 aliphatic rings. The summed E-state index contributed by atoms with van der Waals surface area (Å²) in [5, 5.41) is 0.237. The van der Waals surface area contributed by atoms with Gasteiger partial charge in [0.15, 0.2) is 8.32 Å². The third-order valence-electron chi connectivity index (χ3n) is 8.20. The highest BCUT2D eigenvalue weighted by Gasteiger charge is 2.40. The van der Waals surface area contributed by atoms with Gasteiger partial charge in [0.25, 0.3) is 0 Å². The van der Waals surface area contributed by atoms with E-state index < -0.39 is 8.32 Å². The fourth-order valence-electron chi connectivity index (χ4n) is 4.85. The number of hydrogen-bond donors (Lipinski definition) is 0. The molecule has 1 aliphatic carbocycles. The van der Waals surface area contributed by atoms with E-state index in [2.05, 4.69) is 124 Å². The van der Waals surface area contributed by atoms with Gasteiger partial charge in [-0.15, -0.1) is 0 Å². The first-order chi connectivity index (χ1) is 17.1. The Bertz CT molecular complexity index is 884. The van der Waals surface area contributed by atoms with E-state index in [-0.39, 0.29) is 17.2 Å². The van der Waals surface area contributed by atoms with Gasteiger partial charge in [0.1, 0.15) is 0 Å². The lowest BCUT2D eigenvalue weighted by Gasteiger charge is -2.42. The topological polar surface area (TPSA) is 27.7 Å². The van der Waals surface area contributed by atoms with Gasteiger partial charge in [-0.05, 0) is 66.8 Å². The molecule has 3 nitrogen and oxygen atoms in total. The minimum atomic E-state index is -1.78. The highest BCUT2D eigenvalue weighted by atomic mass is 127. The maximum absolute atomic E-state index is 6.87. The number of ether oxygens (including phenoxy) is 2. The van der Waals surface area contributed by atoms with Crippen molar-refractivity contribution in [2.75, 3.05) is 4.43 Å². The van der Waals surface area contributed by atoms with E-state index in [1.165, 1.54) is 24.0 Å². The van der Waals surface area contributed by atoms with Gasteiger partial charge in [-0.3, -0.25) is 0 Å². The first-order valence-corrected chi connectivity index (χ1v) is 18.1. The molecular weight excluding hydrogens is 575 g/mol. The second-order valence-corrected chi connectivity index (χ2v) is 17.8. The summed E-state index contributed by atoms with van der Waals surface area (Å²) < 4.78 is 20.9. The molecule has 0 aliphatic heterocycles. The Morgan fingerprint density at radius 2 is 1.39 bits per heavy atom. The predicted molar refractivity (Wildman–Crippen MR) is 162 cm³/mol. The van der Waals surface area contributed by atoms with Crippen LogP contribution in [0.25, 0.3) is 0 Å². The molecule has 5 atom stereocenters. The maximum atomic E-state index is 6.87. The average molecular weight is 623 g/mol. The molecule has 0 N–H and O–H groups in total. The van der Waals surface area contributed by atoms with E-state index in [1.807, 2.05) is 0 Å². The van der Waals surface area contributed by atoms with Crippen LogP contribution >= 0.6 is 22.6 Å². The molecule has 0 heterocycles. The maximum Gasteiger partial charge on any atom is 0.192 e. The Labute approximate surface area is 235 Å². The molecule has 0 radical (unpaired) electrons. The first-order valence-electron chi connectivity index (χ1n) is 13.6. The lowest BCUT2D eigenvalue weighted by atomic mass is 9.79. The Hall–Kier alpha value is -0.733. The molecule has 0 bridgehead atoms. The summed E-state index contributed by atoms with van der Waals surface area (Å²) in [5.41, 5.74) is 2.45. The van der Waals surface area contributed by atoms with Gasteiger partial charge in [0.2, 0.25) is 0 Å². The van der Waals surface area contributed by atoms with Crippen LogP contribution in [0.4, 0.5) is 0 Å². The van der Waals surface area contributed by atoms with Crippen molar-refractivity contribution < 1.29 is 13.9 Å². The van der Waals surface area contributed by atoms with Crippen molar-refractivity contribution in [1.82, 2.24) is 0 Å². The third-order valence-corrected chi connectivity index (χ3v) is 13.6. The van der Waals surface area contributed by atoms with Crippen molar-refractivity contribution in [2.45, 2.75) is 103 Å². The zero-order valence-corrected chi connectivity index (χ0v) is 26.4. The smallest absolute Gasteiger partial charge is 0.192 e. The van der Waals surface area contributed by atoms with Crippen LogP contribution in [-0.4, -0.2) is 31.1 Å². The van der Waals surface area contributed by atoms with Crippen molar-refractivity contribution in [3.63, 3.8) is 0 Å². The number of hydrogen-bond acceptors (Lipinski definition) is 3. The van der Waals surface area contributed by atoms with Crippen LogP contribution in [0, 0.1) is 11.8 Å². The largest absolute Gasteiger partial charge is 0.413 e. The van der Waals surface area contributed by atoms with Crippen LogP contribution in [-0.2, 0) is 27.1 Å². The van der Waals surface area contributed by atoms with E-state index >= 15 is 0 Å². The molecule has 0 amide bonds. The fraction of sp³-hybridized carbons (Fsp3) is 0.613. The van der Waals surface area contributed by atoms with E-state index in [4.69, 9.17) is 13.9 Å². The molecule has 0 unspecified atom stereocenters. The average Bonchev–Trinajstić information content (AvgIpc) is 2.86. The molecule has 2 aromatic carbocycles. The van der Waals surface area contributed by atoms with Crippen LogP contribution in [0.3, 0.4) is 0 Å². The summed E-state index contributed by atoms with van der Waals surface area (Å²) in [6.45, 7) is 15.4. The number of alkyl halides is 1. The zero-order chi connectivity index (χ0) is 26.2. The second kappa shape index (κ2) is 13.9. The summed E-state index contributed by atoms with van der Waals surface area (Å²) in [4.78, 5) is 0. The quantitative estimate of drug-likeness (QED) is 0.135. The number of halogens is 1. The van der Waals surface area contributed by atoms with E-state index in [9.17, 15) is 0 Å². The van der Waals surface area contributed by atoms with Gasteiger partial charge in [-0.1, -0.05) is 111 Å². The monoisotopic (exact) mass is 622 g/mol. The molecule has 0 spiro atoms. The molecule has 200 valence electrons. The standard InChI is InChI=1S/C31H47IO3Si/c1-24(30(21-32)35-36(5,6)31(2,3)4)19-27-17-18-28(33-22-25-13-9-7-10-14-25)29(20-27)34-23-26-15-11-8-12-16-26/h7-16,24,27-30H,17-23H2,1-6H3/t24-,27+,28-,29-,30+/m1/s1. The zero-order valence-electron chi connectivity index (χ0n) is 23.2. The van der Waals surface area contributed by atoms with Crippen molar-refractivity contribution in [3.05, 3.63) is 71.8 Å². The van der Waals surface area contributed by atoms with Crippen LogP contribution in [0.1, 0.15) is 64.5 Å². The van der Waals surface area contributed by atoms with E-state index in [0.717, 1.165) is 17.3 Å². The second-order valence-electron chi connectivity index (χ2n) is 12.1. The molecule has 0 aromatic heterocycles. The predicted octanol–water partition coefficient (Wildman–Crippen LogP) is 8.81. The third kappa shape index (κ3) is 8.93. The van der Waals surface area contributed by atoms with Gasteiger partial charge in [0, 0.05) is 4.43 Å². The fourth-order valence-corrected chi connectivity index (χ4v) is 7.66. The van der Waals surface area contributed by atoms with Crippen molar-refractivity contribution in [3.8, 4) is 0 Å². The van der Waals surface area contributed by atoms with Crippen molar-refractivity contribution in [2.24, 2.45) is 11.8 Å². The molecule has 1 saturated carbocycles. The lowest BCUT2D eigenvalue weighted by Crippen LogP contribution is -2.46. The number of rotatable bonds is 12. The van der Waals surface area contributed by atoms with Gasteiger partial charge >= 0.3 is 0 Å². The molecule has 36 heavy (non-hydrogen) atoms.